The number of nitrogens with one attached hydrogen (secondary N) is 2. The van der Waals surface area contributed by atoms with Crippen molar-refractivity contribution in [2.24, 2.45) is 5.84 Å². The number of halogens is 1. The number of anilines is 3. The van der Waals surface area contributed by atoms with Crippen molar-refractivity contribution in [1.82, 2.24) is 9.97 Å². The van der Waals surface area contributed by atoms with Crippen LogP contribution in [-0.2, 0) is 0 Å². The van der Waals surface area contributed by atoms with Crippen LogP contribution in [0.5, 0.6) is 0 Å². The average Bonchev–Trinajstić information content (AvgIpc) is 2.34. The SMILES string of the molecule is Cc1c(NN)ncnc1Nc1ccccc1F. The fourth-order valence-electron chi connectivity index (χ4n) is 1.41. The molecule has 4 N–H and O–H groups in total. The van der Waals surface area contributed by atoms with Crippen molar-refractivity contribution >= 4 is 17.3 Å². The van der Waals surface area contributed by atoms with E-state index in [1.165, 1.54) is 12.4 Å². The first-order valence-electron chi connectivity index (χ1n) is 5.02. The van der Waals surface area contributed by atoms with Gasteiger partial charge in [-0.2, -0.15) is 0 Å². The first-order chi connectivity index (χ1) is 8.22. The molecule has 1 aromatic carbocycles. The molecule has 0 saturated carbocycles. The molecule has 5 nitrogen and oxygen atoms in total. The van der Waals surface area contributed by atoms with Crippen molar-refractivity contribution in [1.29, 1.82) is 0 Å². The molecular formula is C11H12FN5. The van der Waals surface area contributed by atoms with Crippen molar-refractivity contribution in [3.05, 3.63) is 42.0 Å². The van der Waals surface area contributed by atoms with Crippen molar-refractivity contribution in [3.63, 3.8) is 0 Å². The Morgan fingerprint density at radius 1 is 1.18 bits per heavy atom. The number of rotatable bonds is 3. The van der Waals surface area contributed by atoms with Gasteiger partial charge in [0, 0.05) is 5.56 Å². The third-order valence-electron chi connectivity index (χ3n) is 2.35. The number of aromatic nitrogens is 2. The number of nitrogens with zero attached hydrogens (tertiary/aromatic N) is 2. The zero-order valence-corrected chi connectivity index (χ0v) is 9.24. The zero-order valence-electron chi connectivity index (χ0n) is 9.24. The number of nitrogen functional groups attached to an aromatic ring is 1. The maximum atomic E-state index is 13.4. The highest BCUT2D eigenvalue weighted by Crippen LogP contribution is 2.23. The van der Waals surface area contributed by atoms with Gasteiger partial charge in [-0.3, -0.25) is 0 Å². The first-order valence-corrected chi connectivity index (χ1v) is 5.02. The summed E-state index contributed by atoms with van der Waals surface area (Å²) in [4.78, 5) is 7.98. The standard InChI is InChI=1S/C11H12FN5/c1-7-10(14-6-15-11(7)17-13)16-9-5-3-2-4-8(9)12/h2-6H,13H2,1H3,(H2,14,15,16,17). The fraction of sp³-hybridized carbons (Fsp3) is 0.0909. The summed E-state index contributed by atoms with van der Waals surface area (Å²) >= 11 is 0. The van der Waals surface area contributed by atoms with Crippen LogP contribution in [0.4, 0.5) is 21.7 Å². The monoisotopic (exact) mass is 233 g/mol. The van der Waals surface area contributed by atoms with Crippen LogP contribution in [0.3, 0.4) is 0 Å². The lowest BCUT2D eigenvalue weighted by molar-refractivity contribution is 0.632. The molecule has 1 aromatic heterocycles. The minimum atomic E-state index is -0.340. The van der Waals surface area contributed by atoms with Gasteiger partial charge in [0.15, 0.2) is 0 Å². The van der Waals surface area contributed by atoms with Gasteiger partial charge < -0.3 is 10.7 Å². The van der Waals surface area contributed by atoms with Crippen LogP contribution in [0.2, 0.25) is 0 Å². The molecule has 2 aromatic rings. The summed E-state index contributed by atoms with van der Waals surface area (Å²) in [5, 5.41) is 2.89. The van der Waals surface area contributed by atoms with Gasteiger partial charge in [-0.1, -0.05) is 12.1 Å². The van der Waals surface area contributed by atoms with E-state index in [9.17, 15) is 4.39 Å². The van der Waals surface area contributed by atoms with Gasteiger partial charge in [0.1, 0.15) is 23.8 Å². The lowest BCUT2D eigenvalue weighted by Crippen LogP contribution is -2.11. The molecule has 6 heteroatoms. The van der Waals surface area contributed by atoms with Gasteiger partial charge in [-0.25, -0.2) is 20.2 Å². The van der Waals surface area contributed by atoms with E-state index < -0.39 is 0 Å². The maximum Gasteiger partial charge on any atom is 0.148 e. The van der Waals surface area contributed by atoms with Crippen LogP contribution in [0.1, 0.15) is 5.56 Å². The van der Waals surface area contributed by atoms with E-state index in [0.717, 1.165) is 5.56 Å². The number of hydrazine groups is 1. The van der Waals surface area contributed by atoms with E-state index in [1.54, 1.807) is 25.1 Å². The molecule has 0 atom stereocenters. The molecule has 0 aliphatic carbocycles. The predicted molar refractivity (Wildman–Crippen MR) is 64.3 cm³/mol. The highest BCUT2D eigenvalue weighted by molar-refractivity contribution is 5.64. The van der Waals surface area contributed by atoms with Gasteiger partial charge in [-0.05, 0) is 19.1 Å². The molecule has 0 aliphatic heterocycles. The molecule has 17 heavy (non-hydrogen) atoms. The Labute approximate surface area is 97.9 Å². The van der Waals surface area contributed by atoms with Crippen LogP contribution >= 0.6 is 0 Å². The van der Waals surface area contributed by atoms with Gasteiger partial charge in [0.25, 0.3) is 0 Å². The quantitative estimate of drug-likeness (QED) is 0.558. The highest BCUT2D eigenvalue weighted by atomic mass is 19.1. The molecule has 0 bridgehead atoms. The molecule has 88 valence electrons. The summed E-state index contributed by atoms with van der Waals surface area (Å²) in [5.41, 5.74) is 3.53. The molecule has 0 amide bonds. The fourth-order valence-corrected chi connectivity index (χ4v) is 1.41. The van der Waals surface area contributed by atoms with Crippen molar-refractivity contribution in [2.45, 2.75) is 6.92 Å². The van der Waals surface area contributed by atoms with Crippen molar-refractivity contribution in [3.8, 4) is 0 Å². The Bertz CT molecular complexity index is 529. The van der Waals surface area contributed by atoms with Gasteiger partial charge >= 0.3 is 0 Å². The smallest absolute Gasteiger partial charge is 0.148 e. The van der Waals surface area contributed by atoms with Gasteiger partial charge in [-0.15, -0.1) is 0 Å². The van der Waals surface area contributed by atoms with Crippen LogP contribution < -0.4 is 16.6 Å². The molecule has 0 aliphatic rings. The van der Waals surface area contributed by atoms with Crippen molar-refractivity contribution in [2.75, 3.05) is 10.7 Å². The number of hydrogen-bond donors (Lipinski definition) is 3. The third-order valence-corrected chi connectivity index (χ3v) is 2.35. The Hall–Kier alpha value is -2.21. The number of nitrogens with two attached hydrogens (primary N) is 1. The zero-order chi connectivity index (χ0) is 12.3. The summed E-state index contributed by atoms with van der Waals surface area (Å²) in [6.07, 6.45) is 1.35. The predicted octanol–water partition coefficient (Wildman–Crippen LogP) is 1.95. The van der Waals surface area contributed by atoms with E-state index in [2.05, 4.69) is 20.7 Å². The lowest BCUT2D eigenvalue weighted by Gasteiger charge is -2.11. The summed E-state index contributed by atoms with van der Waals surface area (Å²) in [7, 11) is 0. The van der Waals surface area contributed by atoms with Crippen LogP contribution in [-0.4, -0.2) is 9.97 Å². The largest absolute Gasteiger partial charge is 0.337 e. The summed E-state index contributed by atoms with van der Waals surface area (Å²) in [6, 6.07) is 6.37. The van der Waals surface area contributed by atoms with Gasteiger partial charge in [0.05, 0.1) is 5.69 Å². The summed E-state index contributed by atoms with van der Waals surface area (Å²) in [6.45, 7) is 1.79. The topological polar surface area (TPSA) is 75.9 Å². The molecule has 1 heterocycles. The second-order valence-corrected chi connectivity index (χ2v) is 3.45. The van der Waals surface area contributed by atoms with E-state index in [-0.39, 0.29) is 5.82 Å². The Balaban J connectivity index is 2.34. The Kier molecular flexibility index (Phi) is 3.15. The molecular weight excluding hydrogens is 221 g/mol. The Morgan fingerprint density at radius 3 is 2.59 bits per heavy atom. The second-order valence-electron chi connectivity index (χ2n) is 3.45. The number of para-hydroxylation sites is 1. The minimum absolute atomic E-state index is 0.340. The maximum absolute atomic E-state index is 13.4. The van der Waals surface area contributed by atoms with E-state index in [0.29, 0.717) is 17.3 Å². The minimum Gasteiger partial charge on any atom is -0.337 e. The second kappa shape index (κ2) is 4.75. The van der Waals surface area contributed by atoms with E-state index in [1.807, 2.05) is 0 Å². The Morgan fingerprint density at radius 2 is 1.88 bits per heavy atom. The molecule has 0 saturated heterocycles. The van der Waals surface area contributed by atoms with Gasteiger partial charge in [0.2, 0.25) is 0 Å². The molecule has 0 fully saturated rings. The van der Waals surface area contributed by atoms with Crippen LogP contribution in [0.15, 0.2) is 30.6 Å². The van der Waals surface area contributed by atoms with E-state index in [4.69, 9.17) is 5.84 Å². The molecule has 2 rings (SSSR count). The molecule has 0 radical (unpaired) electrons. The van der Waals surface area contributed by atoms with Crippen LogP contribution in [0, 0.1) is 12.7 Å². The van der Waals surface area contributed by atoms with E-state index >= 15 is 0 Å². The first kappa shape index (κ1) is 11.3. The molecule has 0 unspecified atom stereocenters. The molecule has 0 spiro atoms. The van der Waals surface area contributed by atoms with Crippen LogP contribution in [0.25, 0.3) is 0 Å². The third kappa shape index (κ3) is 2.31. The number of benzene rings is 1. The average molecular weight is 233 g/mol. The van der Waals surface area contributed by atoms with Crippen molar-refractivity contribution < 1.29 is 4.39 Å². The number of hydrogen-bond acceptors (Lipinski definition) is 5. The highest BCUT2D eigenvalue weighted by Gasteiger charge is 2.07. The normalized spacial score (nSPS) is 10.1. The lowest BCUT2D eigenvalue weighted by atomic mass is 10.2. The summed E-state index contributed by atoms with van der Waals surface area (Å²) in [5.74, 6) is 5.97. The summed E-state index contributed by atoms with van der Waals surface area (Å²) < 4.78 is 13.4.